The summed E-state index contributed by atoms with van der Waals surface area (Å²) in [5, 5.41) is 7.01. The molecule has 1 aromatic carbocycles. The van der Waals surface area contributed by atoms with Crippen molar-refractivity contribution in [1.29, 1.82) is 0 Å². The Kier molecular flexibility index (Phi) is 6.59. The third-order valence-corrected chi connectivity index (χ3v) is 3.44. The van der Waals surface area contributed by atoms with Gasteiger partial charge in [0.15, 0.2) is 0 Å². The maximum absolute atomic E-state index is 11.8. The predicted octanol–water partition coefficient (Wildman–Crippen LogP) is 2.99. The third-order valence-electron chi connectivity index (χ3n) is 3.03. The van der Waals surface area contributed by atoms with Gasteiger partial charge in [-0.3, -0.25) is 9.48 Å². The minimum Gasteiger partial charge on any atom is -0.325 e. The van der Waals surface area contributed by atoms with Crippen LogP contribution in [0, 0.1) is 0 Å². The van der Waals surface area contributed by atoms with Gasteiger partial charge in [-0.15, -0.1) is 12.4 Å². The second-order valence-corrected chi connectivity index (χ2v) is 6.46. The average molecular weight is 388 g/mol. The summed E-state index contributed by atoms with van der Waals surface area (Å²) in [7, 11) is 0. The van der Waals surface area contributed by atoms with E-state index in [2.05, 4.69) is 26.3 Å². The number of aromatic nitrogens is 2. The Hall–Kier alpha value is -1.37. The molecule has 0 aliphatic carbocycles. The summed E-state index contributed by atoms with van der Waals surface area (Å²) in [6.45, 7) is 4.17. The van der Waals surface area contributed by atoms with E-state index in [1.165, 1.54) is 5.56 Å². The summed E-state index contributed by atoms with van der Waals surface area (Å²) in [4.78, 5) is 11.8. The van der Waals surface area contributed by atoms with Crippen molar-refractivity contribution >= 4 is 39.9 Å². The Balaban J connectivity index is 0.00000242. The first-order valence-electron chi connectivity index (χ1n) is 6.72. The van der Waals surface area contributed by atoms with Crippen LogP contribution in [0.25, 0.3) is 0 Å². The lowest BCUT2D eigenvalue weighted by Gasteiger charge is -2.17. The number of nitrogens with zero attached hydrogens (tertiary/aromatic N) is 2. The van der Waals surface area contributed by atoms with Gasteiger partial charge in [0.1, 0.15) is 0 Å². The standard InChI is InChI=1S/C15H19BrN4O.ClH/c1-15(2,17)14(21)19-13-5-3-11(4-6-13)7-8-20-10-12(16)9-18-20;/h3-6,9-10H,7-8,17H2,1-2H3,(H,19,21);1H. The van der Waals surface area contributed by atoms with Gasteiger partial charge >= 0.3 is 0 Å². The molecule has 7 heteroatoms. The van der Waals surface area contributed by atoms with Crippen LogP contribution in [0.1, 0.15) is 19.4 Å². The number of nitrogens with two attached hydrogens (primary N) is 1. The molecule has 120 valence electrons. The zero-order chi connectivity index (χ0) is 15.5. The third kappa shape index (κ3) is 5.44. The molecule has 0 spiro atoms. The maximum atomic E-state index is 11.8. The van der Waals surface area contributed by atoms with Crippen LogP contribution in [0.15, 0.2) is 41.1 Å². The Bertz CT molecular complexity index is 619. The minimum atomic E-state index is -0.883. The van der Waals surface area contributed by atoms with Crippen LogP contribution in [0.5, 0.6) is 0 Å². The molecule has 0 bridgehead atoms. The van der Waals surface area contributed by atoms with E-state index < -0.39 is 5.54 Å². The lowest BCUT2D eigenvalue weighted by atomic mass is 10.1. The van der Waals surface area contributed by atoms with Crippen LogP contribution in [0.4, 0.5) is 5.69 Å². The molecule has 1 amide bonds. The fourth-order valence-electron chi connectivity index (χ4n) is 1.75. The molecule has 0 aliphatic rings. The normalized spacial score (nSPS) is 10.9. The molecule has 3 N–H and O–H groups in total. The van der Waals surface area contributed by atoms with Crippen LogP contribution in [-0.4, -0.2) is 21.2 Å². The van der Waals surface area contributed by atoms with E-state index in [9.17, 15) is 4.79 Å². The van der Waals surface area contributed by atoms with E-state index in [1.54, 1.807) is 20.0 Å². The van der Waals surface area contributed by atoms with Gasteiger partial charge in [0.2, 0.25) is 5.91 Å². The molecule has 0 saturated carbocycles. The molecular weight excluding hydrogens is 368 g/mol. The highest BCUT2D eigenvalue weighted by molar-refractivity contribution is 9.10. The summed E-state index contributed by atoms with van der Waals surface area (Å²) in [5.41, 5.74) is 6.80. The first-order valence-corrected chi connectivity index (χ1v) is 7.51. The molecule has 0 fully saturated rings. The van der Waals surface area contributed by atoms with Crippen LogP contribution in [-0.2, 0) is 17.8 Å². The van der Waals surface area contributed by atoms with Crippen LogP contribution < -0.4 is 11.1 Å². The van der Waals surface area contributed by atoms with E-state index in [1.807, 2.05) is 35.1 Å². The number of benzene rings is 1. The van der Waals surface area contributed by atoms with Gasteiger partial charge in [0.05, 0.1) is 16.2 Å². The molecule has 22 heavy (non-hydrogen) atoms. The lowest BCUT2D eigenvalue weighted by Crippen LogP contribution is -2.45. The molecule has 0 aliphatic heterocycles. The second kappa shape index (κ2) is 7.76. The van der Waals surface area contributed by atoms with Gasteiger partial charge in [-0.1, -0.05) is 12.1 Å². The molecule has 2 rings (SSSR count). The number of rotatable bonds is 5. The van der Waals surface area contributed by atoms with Crippen molar-refractivity contribution in [1.82, 2.24) is 9.78 Å². The van der Waals surface area contributed by atoms with Crippen molar-refractivity contribution in [3.8, 4) is 0 Å². The van der Waals surface area contributed by atoms with Crippen molar-refractivity contribution in [2.75, 3.05) is 5.32 Å². The topological polar surface area (TPSA) is 72.9 Å². The number of halogens is 2. The molecule has 0 radical (unpaired) electrons. The van der Waals surface area contributed by atoms with E-state index >= 15 is 0 Å². The van der Waals surface area contributed by atoms with E-state index in [0.29, 0.717) is 0 Å². The maximum Gasteiger partial charge on any atom is 0.243 e. The van der Waals surface area contributed by atoms with Crippen molar-refractivity contribution in [3.05, 3.63) is 46.7 Å². The van der Waals surface area contributed by atoms with Crippen molar-refractivity contribution < 1.29 is 4.79 Å². The van der Waals surface area contributed by atoms with Crippen molar-refractivity contribution in [2.24, 2.45) is 5.73 Å². The SMILES string of the molecule is CC(C)(N)C(=O)Nc1ccc(CCn2cc(Br)cn2)cc1.Cl. The summed E-state index contributed by atoms with van der Waals surface area (Å²) in [5.74, 6) is -0.198. The molecular formula is C15H20BrClN4O. The van der Waals surface area contributed by atoms with Crippen molar-refractivity contribution in [2.45, 2.75) is 32.4 Å². The molecule has 0 atom stereocenters. The smallest absolute Gasteiger partial charge is 0.243 e. The Morgan fingerprint density at radius 1 is 1.36 bits per heavy atom. The first kappa shape index (κ1) is 18.7. The monoisotopic (exact) mass is 386 g/mol. The lowest BCUT2D eigenvalue weighted by molar-refractivity contribution is -0.120. The number of hydrogen-bond acceptors (Lipinski definition) is 3. The summed E-state index contributed by atoms with van der Waals surface area (Å²) in [6.07, 6.45) is 4.59. The largest absolute Gasteiger partial charge is 0.325 e. The summed E-state index contributed by atoms with van der Waals surface area (Å²) >= 11 is 3.37. The minimum absolute atomic E-state index is 0. The zero-order valence-corrected chi connectivity index (χ0v) is 14.9. The highest BCUT2D eigenvalue weighted by atomic mass is 79.9. The highest BCUT2D eigenvalue weighted by Gasteiger charge is 2.21. The molecule has 2 aromatic rings. The van der Waals surface area contributed by atoms with Gasteiger partial charge in [0, 0.05) is 18.4 Å². The molecule has 0 saturated heterocycles. The van der Waals surface area contributed by atoms with Crippen LogP contribution >= 0.6 is 28.3 Å². The first-order chi connectivity index (χ1) is 9.84. The number of anilines is 1. The predicted molar refractivity (Wildman–Crippen MR) is 94.2 cm³/mol. The van der Waals surface area contributed by atoms with Gasteiger partial charge < -0.3 is 11.1 Å². The summed E-state index contributed by atoms with van der Waals surface area (Å²) in [6, 6.07) is 7.77. The van der Waals surface area contributed by atoms with Crippen LogP contribution in [0.3, 0.4) is 0 Å². The van der Waals surface area contributed by atoms with Gasteiger partial charge in [-0.25, -0.2) is 0 Å². The highest BCUT2D eigenvalue weighted by Crippen LogP contribution is 2.13. The summed E-state index contributed by atoms with van der Waals surface area (Å²) < 4.78 is 2.86. The quantitative estimate of drug-likeness (QED) is 0.828. The molecule has 1 aromatic heterocycles. The molecule has 1 heterocycles. The van der Waals surface area contributed by atoms with Crippen LogP contribution in [0.2, 0.25) is 0 Å². The van der Waals surface area contributed by atoms with E-state index in [-0.39, 0.29) is 18.3 Å². The van der Waals surface area contributed by atoms with E-state index in [4.69, 9.17) is 5.73 Å². The number of hydrogen-bond donors (Lipinski definition) is 2. The second-order valence-electron chi connectivity index (χ2n) is 5.54. The fraction of sp³-hybridized carbons (Fsp3) is 0.333. The van der Waals surface area contributed by atoms with Gasteiger partial charge in [-0.05, 0) is 53.9 Å². The zero-order valence-electron chi connectivity index (χ0n) is 12.5. The number of carbonyl (C=O) groups excluding carboxylic acids is 1. The van der Waals surface area contributed by atoms with Gasteiger partial charge in [-0.2, -0.15) is 5.10 Å². The number of amides is 1. The fourth-order valence-corrected chi connectivity index (χ4v) is 2.08. The molecule has 0 unspecified atom stereocenters. The van der Waals surface area contributed by atoms with Crippen molar-refractivity contribution in [3.63, 3.8) is 0 Å². The molecule has 5 nitrogen and oxygen atoms in total. The van der Waals surface area contributed by atoms with E-state index in [0.717, 1.165) is 23.1 Å². The number of nitrogens with one attached hydrogen (secondary N) is 1. The average Bonchev–Trinajstić information content (AvgIpc) is 2.83. The Morgan fingerprint density at radius 3 is 2.50 bits per heavy atom. The Morgan fingerprint density at radius 2 is 2.00 bits per heavy atom. The Labute approximate surface area is 144 Å². The van der Waals surface area contributed by atoms with Gasteiger partial charge in [0.25, 0.3) is 0 Å². The number of carbonyl (C=O) groups is 1. The number of aryl methyl sites for hydroxylation is 2.